The summed E-state index contributed by atoms with van der Waals surface area (Å²) in [5.74, 6) is -0.918. The van der Waals surface area contributed by atoms with Gasteiger partial charge in [-0.1, -0.05) is 36.9 Å². The highest BCUT2D eigenvalue weighted by atomic mass is 32.2. The fraction of sp³-hybridized carbons (Fsp3) is 0.304. The third kappa shape index (κ3) is 9.15. The average molecular weight is 431 g/mol. The Morgan fingerprint density at radius 1 is 1.20 bits per heavy atom. The molecule has 0 aromatic heterocycles. The lowest BCUT2D eigenvalue weighted by molar-refractivity contribution is 0.0956. The Kier molecular flexibility index (Phi) is 10.1. The van der Waals surface area contributed by atoms with Crippen molar-refractivity contribution < 1.29 is 17.8 Å². The van der Waals surface area contributed by atoms with E-state index in [4.69, 9.17) is 4.55 Å². The first-order valence-electron chi connectivity index (χ1n) is 9.57. The van der Waals surface area contributed by atoms with Crippen molar-refractivity contribution in [3.63, 3.8) is 0 Å². The zero-order valence-electron chi connectivity index (χ0n) is 18.0. The molecule has 30 heavy (non-hydrogen) atoms. The second kappa shape index (κ2) is 12.0. The van der Waals surface area contributed by atoms with Crippen LogP contribution in [0.1, 0.15) is 43.6 Å². The Balaban J connectivity index is 3.04. The predicted octanol–water partition coefficient (Wildman–Crippen LogP) is 4.29. The number of allylic oxidation sites excluding steroid dienone is 7. The quantitative estimate of drug-likeness (QED) is 0.329. The summed E-state index contributed by atoms with van der Waals surface area (Å²) in [5.41, 5.74) is 5.38. The molecule has 0 aliphatic carbocycles. The lowest BCUT2D eigenvalue weighted by Gasteiger charge is -2.12. The molecule has 0 saturated heterocycles. The molecule has 0 spiro atoms. The zero-order chi connectivity index (χ0) is 22.7. The van der Waals surface area contributed by atoms with E-state index >= 15 is 0 Å². The first-order chi connectivity index (χ1) is 14.1. The normalized spacial score (nSPS) is 13.9. The summed E-state index contributed by atoms with van der Waals surface area (Å²) in [5, 5.41) is 2.47. The van der Waals surface area contributed by atoms with Gasteiger partial charge in [0, 0.05) is 23.5 Å². The van der Waals surface area contributed by atoms with E-state index in [1.54, 1.807) is 18.2 Å². The van der Waals surface area contributed by atoms with Gasteiger partial charge in [-0.25, -0.2) is 0 Å². The van der Waals surface area contributed by atoms with Gasteiger partial charge in [0.05, 0.1) is 5.75 Å². The number of amides is 1. The van der Waals surface area contributed by atoms with Crippen LogP contribution in [0.4, 0.5) is 0 Å². The van der Waals surface area contributed by atoms with Crippen LogP contribution in [0.3, 0.4) is 0 Å². The molecule has 1 aromatic carbocycles. The zero-order valence-corrected chi connectivity index (χ0v) is 18.8. The second-order valence-electron chi connectivity index (χ2n) is 6.82. The van der Waals surface area contributed by atoms with Gasteiger partial charge in [0.2, 0.25) is 0 Å². The topological polar surface area (TPSA) is 95.8 Å². The number of nitrogens with one attached hydrogen (secondary N) is 1. The van der Waals surface area contributed by atoms with Crippen LogP contribution in [0.15, 0.2) is 77.0 Å². The van der Waals surface area contributed by atoms with Gasteiger partial charge < -0.3 is 5.32 Å². The van der Waals surface area contributed by atoms with Crippen molar-refractivity contribution >= 4 is 21.7 Å². The van der Waals surface area contributed by atoms with Crippen molar-refractivity contribution in [3.8, 4) is 0 Å². The summed E-state index contributed by atoms with van der Waals surface area (Å²) in [7, 11) is -4.10. The molecule has 0 radical (unpaired) electrons. The predicted molar refractivity (Wildman–Crippen MR) is 123 cm³/mol. The van der Waals surface area contributed by atoms with Crippen molar-refractivity contribution in [2.75, 3.05) is 12.3 Å². The molecule has 7 heteroatoms. The molecule has 162 valence electrons. The second-order valence-corrected chi connectivity index (χ2v) is 8.39. The molecule has 6 nitrogen and oxygen atoms in total. The average Bonchev–Trinajstić information content (AvgIpc) is 2.65. The first kappa shape index (κ1) is 25.3. The largest absolute Gasteiger partial charge is 0.351 e. The monoisotopic (exact) mass is 430 g/mol. The van der Waals surface area contributed by atoms with Gasteiger partial charge in [-0.2, -0.15) is 8.42 Å². The van der Waals surface area contributed by atoms with Crippen molar-refractivity contribution in [2.24, 2.45) is 4.99 Å². The Bertz CT molecular complexity index is 983. The molecule has 0 atom stereocenters. The number of benzene rings is 1. The number of hydrogen-bond acceptors (Lipinski definition) is 4. The fourth-order valence-corrected chi connectivity index (χ4v) is 3.17. The Morgan fingerprint density at radius 3 is 2.37 bits per heavy atom. The molecule has 0 unspecified atom stereocenters. The van der Waals surface area contributed by atoms with Gasteiger partial charge in [-0.15, -0.1) is 0 Å². The van der Waals surface area contributed by atoms with Crippen molar-refractivity contribution in [1.82, 2.24) is 5.32 Å². The molecule has 0 saturated carbocycles. The Labute approximate surface area is 179 Å². The highest BCUT2D eigenvalue weighted by molar-refractivity contribution is 7.85. The van der Waals surface area contributed by atoms with Gasteiger partial charge in [0.15, 0.2) is 0 Å². The third-order valence-corrected chi connectivity index (χ3v) is 5.00. The van der Waals surface area contributed by atoms with E-state index in [9.17, 15) is 13.2 Å². The summed E-state index contributed by atoms with van der Waals surface area (Å²) < 4.78 is 30.2. The van der Waals surface area contributed by atoms with Crippen molar-refractivity contribution in [1.29, 1.82) is 0 Å². The van der Waals surface area contributed by atoms with E-state index in [2.05, 4.69) is 16.9 Å². The molecule has 0 aliphatic heterocycles. The molecule has 2 N–H and O–H groups in total. The minimum Gasteiger partial charge on any atom is -0.351 e. The van der Waals surface area contributed by atoms with E-state index in [1.807, 2.05) is 58.1 Å². The van der Waals surface area contributed by atoms with Crippen LogP contribution >= 0.6 is 0 Å². The first-order valence-corrected chi connectivity index (χ1v) is 11.2. The summed E-state index contributed by atoms with van der Waals surface area (Å²) in [6.07, 6.45) is 8.21. The number of aliphatic imine (C=N–C) groups is 1. The highest BCUT2D eigenvalue weighted by Crippen LogP contribution is 2.22. The molecular weight excluding hydrogens is 400 g/mol. The lowest BCUT2D eigenvalue weighted by atomic mass is 9.96. The van der Waals surface area contributed by atoms with E-state index in [-0.39, 0.29) is 6.54 Å². The third-order valence-electron chi connectivity index (χ3n) is 4.28. The highest BCUT2D eigenvalue weighted by Gasteiger charge is 2.10. The molecule has 1 rings (SSSR count). The Hall–Kier alpha value is -2.77. The van der Waals surface area contributed by atoms with Crippen LogP contribution in [-0.4, -0.2) is 36.9 Å². The number of hydrogen-bond donors (Lipinski definition) is 2. The van der Waals surface area contributed by atoms with Gasteiger partial charge in [-0.05, 0) is 69.0 Å². The minimum atomic E-state index is -4.10. The van der Waals surface area contributed by atoms with Crippen LogP contribution in [0.5, 0.6) is 0 Å². The van der Waals surface area contributed by atoms with Crippen molar-refractivity contribution in [2.45, 2.75) is 34.1 Å². The van der Waals surface area contributed by atoms with Crippen LogP contribution in [0.2, 0.25) is 0 Å². The Morgan fingerprint density at radius 2 is 1.83 bits per heavy atom. The van der Waals surface area contributed by atoms with Crippen LogP contribution in [0.25, 0.3) is 0 Å². The van der Waals surface area contributed by atoms with Gasteiger partial charge in [0.1, 0.15) is 0 Å². The van der Waals surface area contributed by atoms with E-state index in [0.29, 0.717) is 12.0 Å². The molecule has 0 heterocycles. The summed E-state index contributed by atoms with van der Waals surface area (Å²) >= 11 is 0. The molecular formula is C23H30N2O4S. The van der Waals surface area contributed by atoms with E-state index < -0.39 is 21.8 Å². The standard InChI is InChI=1S/C23H30N2O4S/c1-6-8-17(3)22(19(5)25-18(4)9-7-2)16-20-10-12-21(13-11-20)23(26)24-14-15-30(27,28)29/h6-13H,1,14-16H2,2-5H3,(H,24,26)(H,27,28,29)/b9-7-,17-8+,22-19+,25-18-. The van der Waals surface area contributed by atoms with Crippen LogP contribution < -0.4 is 5.32 Å². The summed E-state index contributed by atoms with van der Waals surface area (Å²) in [6.45, 7) is 11.5. The number of nitrogens with zero attached hydrogens (tertiary/aromatic N) is 1. The smallest absolute Gasteiger partial charge is 0.266 e. The molecule has 0 bridgehead atoms. The minimum absolute atomic E-state index is 0.152. The lowest BCUT2D eigenvalue weighted by Crippen LogP contribution is -2.28. The number of rotatable bonds is 10. The summed E-state index contributed by atoms with van der Waals surface area (Å²) in [6, 6.07) is 7.08. The van der Waals surface area contributed by atoms with Gasteiger partial charge in [0.25, 0.3) is 16.0 Å². The SMILES string of the molecule is C=C/C=C(C)/C(Cc1ccc(C(=O)NCCS(=O)(=O)O)cc1)=C(C)/N=C(C)\C=C/C. The van der Waals surface area contributed by atoms with Crippen molar-refractivity contribution in [3.05, 3.63) is 83.1 Å². The maximum absolute atomic E-state index is 12.1. The van der Waals surface area contributed by atoms with Crippen LogP contribution in [0, 0.1) is 0 Å². The summed E-state index contributed by atoms with van der Waals surface area (Å²) in [4.78, 5) is 16.8. The van der Waals surface area contributed by atoms with Crippen LogP contribution in [-0.2, 0) is 16.5 Å². The maximum atomic E-state index is 12.1. The number of carbonyl (C=O) groups is 1. The van der Waals surface area contributed by atoms with Gasteiger partial charge in [-0.3, -0.25) is 14.3 Å². The number of carbonyl (C=O) groups excluding carboxylic acids is 1. The van der Waals surface area contributed by atoms with Gasteiger partial charge >= 0.3 is 0 Å². The fourth-order valence-electron chi connectivity index (χ4n) is 2.81. The maximum Gasteiger partial charge on any atom is 0.266 e. The molecule has 0 aliphatic rings. The molecule has 0 fully saturated rings. The van der Waals surface area contributed by atoms with E-state index in [1.165, 1.54) is 0 Å². The molecule has 1 amide bonds. The molecule has 1 aromatic rings. The van der Waals surface area contributed by atoms with E-state index in [0.717, 1.165) is 28.1 Å².